The minimum absolute atomic E-state index is 0.161. The minimum atomic E-state index is -0.988. The molecule has 21 heavy (non-hydrogen) atoms. The maximum Gasteiger partial charge on any atom is 0.251 e. The zero-order valence-corrected chi connectivity index (χ0v) is 13.6. The van der Waals surface area contributed by atoms with Gasteiger partial charge < -0.3 is 15.3 Å². The van der Waals surface area contributed by atoms with Crippen molar-refractivity contribution in [2.75, 3.05) is 20.1 Å². The third-order valence-electron chi connectivity index (χ3n) is 2.63. The van der Waals surface area contributed by atoms with Crippen LogP contribution in [0.25, 0.3) is 0 Å². The van der Waals surface area contributed by atoms with Gasteiger partial charge in [0.2, 0.25) is 5.91 Å². The van der Waals surface area contributed by atoms with Crippen LogP contribution in [0.5, 0.6) is 0 Å². The zero-order chi connectivity index (χ0) is 16.2. The second-order valence-electron chi connectivity index (χ2n) is 5.37. The molecule has 0 atom stereocenters. The third-order valence-corrected chi connectivity index (χ3v) is 3.37. The lowest BCUT2D eigenvalue weighted by molar-refractivity contribution is -0.131. The van der Waals surface area contributed by atoms with Crippen molar-refractivity contribution in [1.29, 1.82) is 0 Å². The van der Waals surface area contributed by atoms with Gasteiger partial charge in [0, 0.05) is 19.2 Å². The Morgan fingerprint density at radius 1 is 1.29 bits per heavy atom. The molecule has 7 heteroatoms. The number of hydrogen-bond acceptors (Lipinski definition) is 3. The summed E-state index contributed by atoms with van der Waals surface area (Å²) in [6, 6.07) is 4.47. The van der Waals surface area contributed by atoms with Crippen molar-refractivity contribution < 1.29 is 14.7 Å². The number of likely N-dealkylation sites (N-methyl/N-ethyl adjacent to an activating group) is 1. The first-order chi connectivity index (χ1) is 9.60. The number of carbonyl (C=O) groups is 2. The van der Waals surface area contributed by atoms with Gasteiger partial charge in [-0.2, -0.15) is 0 Å². The quantitative estimate of drug-likeness (QED) is 0.865. The zero-order valence-electron chi connectivity index (χ0n) is 12.1. The van der Waals surface area contributed by atoms with Crippen molar-refractivity contribution in [1.82, 2.24) is 10.2 Å². The number of benzene rings is 1. The Bertz CT molecular complexity index is 542. The first kappa shape index (κ1) is 17.8. The molecule has 116 valence electrons. The molecule has 0 bridgehead atoms. The van der Waals surface area contributed by atoms with Crippen molar-refractivity contribution >= 4 is 35.0 Å². The first-order valence-corrected chi connectivity index (χ1v) is 7.05. The van der Waals surface area contributed by atoms with Crippen molar-refractivity contribution in [3.63, 3.8) is 0 Å². The number of carbonyl (C=O) groups excluding carboxylic acids is 2. The van der Waals surface area contributed by atoms with Crippen LogP contribution in [0.1, 0.15) is 24.2 Å². The number of nitrogens with zero attached hydrogens (tertiary/aromatic N) is 1. The highest BCUT2D eigenvalue weighted by atomic mass is 35.5. The summed E-state index contributed by atoms with van der Waals surface area (Å²) in [6.45, 7) is 3.22. The molecule has 0 unspecified atom stereocenters. The van der Waals surface area contributed by atoms with E-state index in [1.165, 1.54) is 23.1 Å². The highest BCUT2D eigenvalue weighted by molar-refractivity contribution is 6.42. The molecule has 0 aliphatic rings. The van der Waals surface area contributed by atoms with E-state index in [1.54, 1.807) is 20.9 Å². The van der Waals surface area contributed by atoms with Gasteiger partial charge in [0.05, 0.1) is 22.2 Å². The largest absolute Gasteiger partial charge is 0.389 e. The summed E-state index contributed by atoms with van der Waals surface area (Å²) in [6.07, 6.45) is 0. The van der Waals surface area contributed by atoms with Crippen molar-refractivity contribution in [2.24, 2.45) is 0 Å². The fraction of sp³-hybridized carbons (Fsp3) is 0.429. The molecule has 5 nitrogen and oxygen atoms in total. The fourth-order valence-electron chi connectivity index (χ4n) is 1.70. The van der Waals surface area contributed by atoms with Crippen LogP contribution in [0.15, 0.2) is 18.2 Å². The van der Waals surface area contributed by atoms with Crippen molar-refractivity contribution in [3.8, 4) is 0 Å². The molecule has 0 aliphatic heterocycles. The van der Waals surface area contributed by atoms with Crippen LogP contribution < -0.4 is 5.32 Å². The second kappa shape index (κ2) is 7.11. The van der Waals surface area contributed by atoms with E-state index in [2.05, 4.69) is 5.32 Å². The monoisotopic (exact) mass is 332 g/mol. The maximum atomic E-state index is 11.9. The lowest BCUT2D eigenvalue weighted by Crippen LogP contribution is -2.44. The van der Waals surface area contributed by atoms with Crippen LogP contribution in [-0.2, 0) is 4.79 Å². The summed E-state index contributed by atoms with van der Waals surface area (Å²) in [5.41, 5.74) is -0.666. The van der Waals surface area contributed by atoms with Gasteiger partial charge in [0.15, 0.2) is 0 Å². The SMILES string of the molecule is CN(CC(C)(C)O)C(=O)CNC(=O)c1ccc(Cl)c(Cl)c1. The average molecular weight is 333 g/mol. The normalized spacial score (nSPS) is 11.1. The molecule has 2 N–H and O–H groups in total. The van der Waals surface area contributed by atoms with Crippen LogP contribution in [-0.4, -0.2) is 47.6 Å². The molecule has 1 rings (SSSR count). The summed E-state index contributed by atoms with van der Waals surface area (Å²) >= 11 is 11.6. The van der Waals surface area contributed by atoms with Gasteiger partial charge in [-0.05, 0) is 32.0 Å². The minimum Gasteiger partial charge on any atom is -0.389 e. The second-order valence-corrected chi connectivity index (χ2v) is 6.19. The Hall–Kier alpha value is -1.30. The predicted octanol–water partition coefficient (Wildman–Crippen LogP) is 1.95. The molecule has 0 spiro atoms. The van der Waals surface area contributed by atoms with E-state index >= 15 is 0 Å². The number of rotatable bonds is 5. The highest BCUT2D eigenvalue weighted by Crippen LogP contribution is 2.22. The Morgan fingerprint density at radius 3 is 2.43 bits per heavy atom. The molecule has 0 fully saturated rings. The van der Waals surface area contributed by atoms with E-state index in [9.17, 15) is 14.7 Å². The van der Waals surface area contributed by atoms with Gasteiger partial charge in [-0.25, -0.2) is 0 Å². The first-order valence-electron chi connectivity index (χ1n) is 6.30. The summed E-state index contributed by atoms with van der Waals surface area (Å²) in [7, 11) is 1.56. The molecule has 0 saturated carbocycles. The molecule has 0 saturated heterocycles. The maximum absolute atomic E-state index is 11.9. The molecule has 0 aliphatic carbocycles. The fourth-order valence-corrected chi connectivity index (χ4v) is 2.00. The molecule has 0 radical (unpaired) electrons. The average Bonchev–Trinajstić information content (AvgIpc) is 2.36. The number of halogens is 2. The summed E-state index contributed by atoms with van der Waals surface area (Å²) in [5.74, 6) is -0.718. The van der Waals surface area contributed by atoms with Gasteiger partial charge in [-0.1, -0.05) is 23.2 Å². The third kappa shape index (κ3) is 5.91. The van der Waals surface area contributed by atoms with E-state index in [1.807, 2.05) is 0 Å². The number of amides is 2. The predicted molar refractivity (Wildman–Crippen MR) is 82.7 cm³/mol. The Morgan fingerprint density at radius 2 is 1.90 bits per heavy atom. The van der Waals surface area contributed by atoms with Crippen molar-refractivity contribution in [2.45, 2.75) is 19.4 Å². The van der Waals surface area contributed by atoms with E-state index in [0.29, 0.717) is 10.6 Å². The van der Waals surface area contributed by atoms with Crippen LogP contribution >= 0.6 is 23.2 Å². The van der Waals surface area contributed by atoms with E-state index in [4.69, 9.17) is 23.2 Å². The molecule has 1 aromatic carbocycles. The van der Waals surface area contributed by atoms with Gasteiger partial charge >= 0.3 is 0 Å². The summed E-state index contributed by atoms with van der Waals surface area (Å²) in [5, 5.41) is 12.8. The van der Waals surface area contributed by atoms with Crippen LogP contribution in [0.3, 0.4) is 0 Å². The van der Waals surface area contributed by atoms with Gasteiger partial charge in [-0.3, -0.25) is 9.59 Å². The number of nitrogens with one attached hydrogen (secondary N) is 1. The Balaban J connectivity index is 2.56. The smallest absolute Gasteiger partial charge is 0.251 e. The Labute approximate surface area is 133 Å². The van der Waals surface area contributed by atoms with E-state index < -0.39 is 11.5 Å². The molecule has 0 aromatic heterocycles. The molecular formula is C14H18Cl2N2O3. The summed E-state index contributed by atoms with van der Waals surface area (Å²) in [4.78, 5) is 25.1. The van der Waals surface area contributed by atoms with Crippen LogP contribution in [0, 0.1) is 0 Å². The van der Waals surface area contributed by atoms with Crippen molar-refractivity contribution in [3.05, 3.63) is 33.8 Å². The summed E-state index contributed by atoms with van der Waals surface area (Å²) < 4.78 is 0. The van der Waals surface area contributed by atoms with Gasteiger partial charge in [0.25, 0.3) is 5.91 Å². The highest BCUT2D eigenvalue weighted by Gasteiger charge is 2.19. The molecule has 2 amide bonds. The van der Waals surface area contributed by atoms with E-state index in [0.717, 1.165) is 0 Å². The topological polar surface area (TPSA) is 69.6 Å². The molecule has 0 heterocycles. The van der Waals surface area contributed by atoms with Gasteiger partial charge in [0.1, 0.15) is 0 Å². The van der Waals surface area contributed by atoms with Gasteiger partial charge in [-0.15, -0.1) is 0 Å². The lowest BCUT2D eigenvalue weighted by atomic mass is 10.1. The number of hydrogen-bond donors (Lipinski definition) is 2. The molecular weight excluding hydrogens is 315 g/mol. The number of aliphatic hydroxyl groups is 1. The standard InChI is InChI=1S/C14H18Cl2N2O3/c1-14(2,21)8-18(3)12(19)7-17-13(20)9-4-5-10(15)11(16)6-9/h4-6,21H,7-8H2,1-3H3,(H,17,20). The van der Waals surface area contributed by atoms with E-state index in [-0.39, 0.29) is 24.0 Å². The molecule has 1 aromatic rings. The van der Waals surface area contributed by atoms with Crippen LogP contribution in [0.4, 0.5) is 0 Å². The Kier molecular flexibility index (Phi) is 6.01. The lowest BCUT2D eigenvalue weighted by Gasteiger charge is -2.25. The van der Waals surface area contributed by atoms with Crippen LogP contribution in [0.2, 0.25) is 10.0 Å².